The van der Waals surface area contributed by atoms with Crippen molar-refractivity contribution in [3.63, 3.8) is 0 Å². The summed E-state index contributed by atoms with van der Waals surface area (Å²) < 4.78 is 64.2. The highest BCUT2D eigenvalue weighted by atomic mass is 19.4. The van der Waals surface area contributed by atoms with Crippen LogP contribution in [0.25, 0.3) is 0 Å². The van der Waals surface area contributed by atoms with Gasteiger partial charge in [-0.25, -0.2) is 0 Å². The second-order valence-electron chi connectivity index (χ2n) is 4.29. The van der Waals surface area contributed by atoms with Gasteiger partial charge in [0.2, 0.25) is 0 Å². The van der Waals surface area contributed by atoms with Crippen molar-refractivity contribution in [2.45, 2.75) is 38.0 Å². The van der Waals surface area contributed by atoms with E-state index < -0.39 is 24.2 Å². The standard InChI is InChI=1S/C12H14F5N/c1-8(2)18-10(9-6-4-3-5-7-9)11(13,14)12(15,16)17/h3-8,10,18H,1-2H3. The molecule has 0 saturated carbocycles. The van der Waals surface area contributed by atoms with Crippen molar-refractivity contribution >= 4 is 0 Å². The highest BCUT2D eigenvalue weighted by Crippen LogP contribution is 2.44. The maximum atomic E-state index is 13.5. The molecule has 1 nitrogen and oxygen atoms in total. The van der Waals surface area contributed by atoms with E-state index in [9.17, 15) is 22.0 Å². The van der Waals surface area contributed by atoms with Crippen LogP contribution >= 0.6 is 0 Å². The van der Waals surface area contributed by atoms with E-state index in [2.05, 4.69) is 5.32 Å². The van der Waals surface area contributed by atoms with Crippen LogP contribution in [-0.4, -0.2) is 18.1 Å². The fourth-order valence-corrected chi connectivity index (χ4v) is 1.55. The van der Waals surface area contributed by atoms with E-state index in [4.69, 9.17) is 0 Å². The maximum Gasteiger partial charge on any atom is 0.455 e. The molecule has 0 aliphatic heterocycles. The van der Waals surface area contributed by atoms with Crippen LogP contribution in [0.3, 0.4) is 0 Å². The fourth-order valence-electron chi connectivity index (χ4n) is 1.55. The van der Waals surface area contributed by atoms with Crippen LogP contribution in [0.4, 0.5) is 22.0 Å². The van der Waals surface area contributed by atoms with Gasteiger partial charge in [0.05, 0.1) is 0 Å². The lowest BCUT2D eigenvalue weighted by Gasteiger charge is -2.31. The van der Waals surface area contributed by atoms with Gasteiger partial charge in [0.1, 0.15) is 6.04 Å². The number of halogens is 5. The van der Waals surface area contributed by atoms with E-state index in [0.29, 0.717) is 0 Å². The summed E-state index contributed by atoms with van der Waals surface area (Å²) in [6, 6.07) is 4.33. The van der Waals surface area contributed by atoms with Crippen molar-refractivity contribution in [3.05, 3.63) is 35.9 Å². The molecule has 0 heterocycles. The fraction of sp³-hybridized carbons (Fsp3) is 0.500. The molecule has 0 bridgehead atoms. The van der Waals surface area contributed by atoms with Gasteiger partial charge in [0.25, 0.3) is 0 Å². The van der Waals surface area contributed by atoms with Gasteiger partial charge >= 0.3 is 12.1 Å². The molecule has 18 heavy (non-hydrogen) atoms. The third-order valence-electron chi connectivity index (χ3n) is 2.37. The maximum absolute atomic E-state index is 13.5. The molecule has 1 N–H and O–H groups in total. The Morgan fingerprint density at radius 3 is 1.83 bits per heavy atom. The average Bonchev–Trinajstić information content (AvgIpc) is 2.25. The topological polar surface area (TPSA) is 12.0 Å². The van der Waals surface area contributed by atoms with Crippen LogP contribution < -0.4 is 5.32 Å². The Labute approximate surface area is 102 Å². The van der Waals surface area contributed by atoms with Gasteiger partial charge in [-0.15, -0.1) is 0 Å². The van der Waals surface area contributed by atoms with Gasteiger partial charge in [0.15, 0.2) is 0 Å². The molecule has 1 aromatic rings. The minimum atomic E-state index is -5.59. The molecule has 0 spiro atoms. The number of hydrogen-bond donors (Lipinski definition) is 1. The Bertz CT molecular complexity index is 372. The molecule has 0 aliphatic rings. The third-order valence-corrected chi connectivity index (χ3v) is 2.37. The lowest BCUT2D eigenvalue weighted by atomic mass is 9.99. The van der Waals surface area contributed by atoms with Crippen molar-refractivity contribution in [2.75, 3.05) is 0 Å². The molecule has 1 rings (SSSR count). The van der Waals surface area contributed by atoms with Crippen molar-refractivity contribution < 1.29 is 22.0 Å². The second-order valence-corrected chi connectivity index (χ2v) is 4.29. The van der Waals surface area contributed by atoms with Crippen LogP contribution in [0.2, 0.25) is 0 Å². The monoisotopic (exact) mass is 267 g/mol. The van der Waals surface area contributed by atoms with Crippen molar-refractivity contribution in [1.29, 1.82) is 0 Å². The third kappa shape index (κ3) is 3.19. The van der Waals surface area contributed by atoms with Crippen LogP contribution in [0.5, 0.6) is 0 Å². The predicted octanol–water partition coefficient (Wildman–Crippen LogP) is 3.92. The van der Waals surface area contributed by atoms with Crippen molar-refractivity contribution in [2.24, 2.45) is 0 Å². The molecule has 102 valence electrons. The van der Waals surface area contributed by atoms with E-state index in [-0.39, 0.29) is 5.56 Å². The molecule has 0 aromatic heterocycles. The highest BCUT2D eigenvalue weighted by Gasteiger charge is 2.62. The summed E-state index contributed by atoms with van der Waals surface area (Å²) in [6.45, 7) is 3.03. The van der Waals surface area contributed by atoms with E-state index >= 15 is 0 Å². The van der Waals surface area contributed by atoms with Crippen molar-refractivity contribution in [1.82, 2.24) is 5.32 Å². The van der Waals surface area contributed by atoms with Gasteiger partial charge in [-0.3, -0.25) is 0 Å². The minimum Gasteiger partial charge on any atom is -0.302 e. The van der Waals surface area contributed by atoms with E-state index in [1.54, 1.807) is 6.07 Å². The molecule has 1 unspecified atom stereocenters. The van der Waals surface area contributed by atoms with Gasteiger partial charge in [0, 0.05) is 6.04 Å². The molecule has 0 fully saturated rings. The summed E-state index contributed by atoms with van der Waals surface area (Å²) in [6.07, 6.45) is -5.59. The molecular formula is C12H14F5N. The summed E-state index contributed by atoms with van der Waals surface area (Å²) in [5.41, 5.74) is -0.0893. The first kappa shape index (κ1) is 14.9. The zero-order valence-electron chi connectivity index (χ0n) is 9.93. The lowest BCUT2D eigenvalue weighted by Crippen LogP contribution is -2.49. The zero-order chi connectivity index (χ0) is 14.0. The predicted molar refractivity (Wildman–Crippen MR) is 58.5 cm³/mol. The average molecular weight is 267 g/mol. The highest BCUT2D eigenvalue weighted by molar-refractivity contribution is 5.22. The second kappa shape index (κ2) is 5.22. The molecule has 1 atom stereocenters. The first-order valence-electron chi connectivity index (χ1n) is 5.41. The largest absolute Gasteiger partial charge is 0.455 e. The molecular weight excluding hydrogens is 253 g/mol. The van der Waals surface area contributed by atoms with E-state index in [1.807, 2.05) is 0 Å². The Hall–Kier alpha value is -1.17. The molecule has 0 radical (unpaired) electrons. The van der Waals surface area contributed by atoms with Crippen LogP contribution in [0.1, 0.15) is 25.5 Å². The van der Waals surface area contributed by atoms with E-state index in [1.165, 1.54) is 38.1 Å². The summed E-state index contributed by atoms with van der Waals surface area (Å²) in [5.74, 6) is -4.82. The lowest BCUT2D eigenvalue weighted by molar-refractivity contribution is -0.294. The first-order chi connectivity index (χ1) is 8.16. The minimum absolute atomic E-state index is 0.0893. The zero-order valence-corrected chi connectivity index (χ0v) is 9.93. The molecule has 1 aromatic carbocycles. The number of nitrogens with one attached hydrogen (secondary N) is 1. The number of hydrogen-bond acceptors (Lipinski definition) is 1. The number of alkyl halides is 5. The summed E-state index contributed by atoms with van der Waals surface area (Å²) in [5, 5.41) is 2.27. The normalized spacial score (nSPS) is 14.9. The Balaban J connectivity index is 3.14. The number of rotatable bonds is 4. The van der Waals surface area contributed by atoms with Gasteiger partial charge < -0.3 is 5.32 Å². The van der Waals surface area contributed by atoms with Crippen LogP contribution in [0.15, 0.2) is 30.3 Å². The van der Waals surface area contributed by atoms with Crippen LogP contribution in [-0.2, 0) is 0 Å². The quantitative estimate of drug-likeness (QED) is 0.815. The Morgan fingerprint density at radius 1 is 0.944 bits per heavy atom. The molecule has 6 heteroatoms. The van der Waals surface area contributed by atoms with Gasteiger partial charge in [-0.2, -0.15) is 22.0 Å². The summed E-state index contributed by atoms with van der Waals surface area (Å²) in [4.78, 5) is 0. The smallest absolute Gasteiger partial charge is 0.302 e. The van der Waals surface area contributed by atoms with Gasteiger partial charge in [-0.05, 0) is 5.56 Å². The number of benzene rings is 1. The SMILES string of the molecule is CC(C)NC(c1ccccc1)C(F)(F)C(F)(F)F. The Kier molecular flexibility index (Phi) is 4.32. The van der Waals surface area contributed by atoms with E-state index in [0.717, 1.165) is 0 Å². The first-order valence-corrected chi connectivity index (χ1v) is 5.41. The molecule has 0 aliphatic carbocycles. The molecule has 0 saturated heterocycles. The molecule has 0 amide bonds. The summed E-state index contributed by atoms with van der Waals surface area (Å²) >= 11 is 0. The van der Waals surface area contributed by atoms with Gasteiger partial charge in [-0.1, -0.05) is 44.2 Å². The summed E-state index contributed by atoms with van der Waals surface area (Å²) in [7, 11) is 0. The van der Waals surface area contributed by atoms with Crippen molar-refractivity contribution in [3.8, 4) is 0 Å². The van der Waals surface area contributed by atoms with Crippen LogP contribution in [0, 0.1) is 0 Å². The Morgan fingerprint density at radius 2 is 1.44 bits per heavy atom.